The molecule has 146 valence electrons. The van der Waals surface area contributed by atoms with Crippen molar-refractivity contribution < 1.29 is 0 Å². The minimum Gasteiger partial charge on any atom is -0.0786 e. The van der Waals surface area contributed by atoms with Gasteiger partial charge in [0.25, 0.3) is 0 Å². The quantitative estimate of drug-likeness (QED) is 0.322. The molecule has 0 saturated heterocycles. The van der Waals surface area contributed by atoms with Crippen molar-refractivity contribution in [3.8, 4) is 0 Å². The smallest absolute Gasteiger partial charge is 0.0489 e. The molecule has 0 radical (unpaired) electrons. The van der Waals surface area contributed by atoms with Crippen LogP contribution in [0.25, 0.3) is 0 Å². The number of hydrogen-bond acceptors (Lipinski definition) is 0. The second-order valence-corrected chi connectivity index (χ2v) is 32.1. The number of hydrogen-bond donors (Lipinski definition) is 0. The SMILES string of the molecule is CC(C)(C)P(P=P(C[Si](C)(C)C)(C(C)(C)C)C(C)(C)C)C(C)(C)C. The van der Waals surface area contributed by atoms with Crippen LogP contribution in [0.3, 0.4) is 0 Å². The highest BCUT2D eigenvalue weighted by Crippen LogP contribution is 2.85. The van der Waals surface area contributed by atoms with Crippen molar-refractivity contribution in [1.82, 2.24) is 0 Å². The zero-order chi connectivity index (χ0) is 20.0. The van der Waals surface area contributed by atoms with Gasteiger partial charge in [-0.05, 0) is 34.0 Å². The van der Waals surface area contributed by atoms with E-state index < -0.39 is 14.6 Å². The van der Waals surface area contributed by atoms with Gasteiger partial charge < -0.3 is 0 Å². The fourth-order valence-electron chi connectivity index (χ4n) is 3.89. The van der Waals surface area contributed by atoms with Crippen LogP contribution >= 0.6 is 21.7 Å². The largest absolute Gasteiger partial charge is 0.0786 e. The Morgan fingerprint density at radius 3 is 1.12 bits per heavy atom. The topological polar surface area (TPSA) is 0 Å². The third-order valence-corrected chi connectivity index (χ3v) is 31.8. The average Bonchev–Trinajstić information content (AvgIpc) is 2.14. The summed E-state index contributed by atoms with van der Waals surface area (Å²) in [5.41, 5.74) is 0. The second kappa shape index (κ2) is 7.42. The van der Waals surface area contributed by atoms with E-state index >= 15 is 0 Å². The fourth-order valence-corrected chi connectivity index (χ4v) is 41.5. The molecule has 0 heterocycles. The van der Waals surface area contributed by atoms with Crippen molar-refractivity contribution in [2.24, 2.45) is 0 Å². The van der Waals surface area contributed by atoms with E-state index in [9.17, 15) is 0 Å². The van der Waals surface area contributed by atoms with Gasteiger partial charge in [0.1, 0.15) is 0 Å². The Morgan fingerprint density at radius 2 is 0.958 bits per heavy atom. The van der Waals surface area contributed by atoms with Crippen LogP contribution in [0.15, 0.2) is 0 Å². The molecule has 0 saturated carbocycles. The highest BCUT2D eigenvalue weighted by atomic mass is 32.3. The minimum atomic E-state index is -1.17. The van der Waals surface area contributed by atoms with Gasteiger partial charge in [0.2, 0.25) is 0 Å². The van der Waals surface area contributed by atoms with E-state index in [1.807, 2.05) is 7.56 Å². The van der Waals surface area contributed by atoms with Crippen molar-refractivity contribution in [3.05, 3.63) is 0 Å². The molecule has 0 amide bonds. The van der Waals surface area contributed by atoms with Gasteiger partial charge in [0, 0.05) is 8.07 Å². The first-order valence-corrected chi connectivity index (χ1v) is 18.8. The van der Waals surface area contributed by atoms with Crippen molar-refractivity contribution in [1.29, 1.82) is 0 Å². The van der Waals surface area contributed by atoms with Crippen LogP contribution in [0.2, 0.25) is 19.6 Å². The molecule has 0 rings (SSSR count). The number of rotatable bonds is 3. The summed E-state index contributed by atoms with van der Waals surface area (Å²) in [5.74, 6) is 1.53. The van der Waals surface area contributed by atoms with Crippen LogP contribution in [0.1, 0.15) is 83.1 Å². The van der Waals surface area contributed by atoms with Gasteiger partial charge in [0.05, 0.1) is 0 Å². The molecule has 0 N–H and O–H groups in total. The first kappa shape index (κ1) is 25.4. The van der Waals surface area contributed by atoms with Crippen LogP contribution in [-0.2, 0) is 0 Å². The van der Waals surface area contributed by atoms with Gasteiger partial charge in [0.15, 0.2) is 0 Å². The Labute approximate surface area is 159 Å². The maximum absolute atomic E-state index is 2.59. The molecule has 24 heavy (non-hydrogen) atoms. The summed E-state index contributed by atoms with van der Waals surface area (Å²) in [6, 6.07) is 0. The Hall–Kier alpha value is 1.38. The molecule has 4 heteroatoms. The lowest BCUT2D eigenvalue weighted by Gasteiger charge is -2.53. The maximum Gasteiger partial charge on any atom is 0.0489 e. The summed E-state index contributed by atoms with van der Waals surface area (Å²) >= 11 is 0. The molecule has 0 nitrogen and oxygen atoms in total. The summed E-state index contributed by atoms with van der Waals surface area (Å²) < 4.78 is 0. The van der Waals surface area contributed by atoms with Crippen molar-refractivity contribution in [2.75, 3.05) is 5.79 Å². The highest BCUT2D eigenvalue weighted by Gasteiger charge is 2.47. The van der Waals surface area contributed by atoms with Crippen molar-refractivity contribution in [2.45, 2.75) is 123 Å². The van der Waals surface area contributed by atoms with Gasteiger partial charge in [-0.2, -0.15) is 0 Å². The predicted molar refractivity (Wildman–Crippen MR) is 128 cm³/mol. The molecule has 0 aliphatic rings. The van der Waals surface area contributed by atoms with Gasteiger partial charge in [-0.25, -0.2) is 0 Å². The summed E-state index contributed by atoms with van der Waals surface area (Å²) in [4.78, 5) is 0. The van der Waals surface area contributed by atoms with Crippen LogP contribution in [0, 0.1) is 0 Å². The second-order valence-electron chi connectivity index (χ2n) is 12.6. The summed E-state index contributed by atoms with van der Waals surface area (Å²) in [6.45, 7) is 36.9. The molecule has 0 aliphatic carbocycles. The molecule has 0 atom stereocenters. The van der Waals surface area contributed by atoms with E-state index in [2.05, 4.69) is 103 Å². The lowest BCUT2D eigenvalue weighted by Crippen LogP contribution is -2.38. The monoisotopic (exact) mass is 408 g/mol. The molecule has 0 aromatic rings. The van der Waals surface area contributed by atoms with Crippen LogP contribution < -0.4 is 0 Å². The molecule has 0 aromatic heterocycles. The normalized spacial score (nSPS) is 16.2. The Bertz CT molecular complexity index is 439. The van der Waals surface area contributed by atoms with E-state index in [-0.39, 0.29) is 7.61 Å². The standard InChI is InChI=1S/C20H47P3Si/c1-17(2,3)22(18(4,5)6)21-23(19(7,8)9,20(10,11)12)16-24(13,14)15/h16H2,1-15H3. The Morgan fingerprint density at radius 1 is 0.667 bits per heavy atom. The molecule has 0 bridgehead atoms. The molecule has 0 spiro atoms. The van der Waals surface area contributed by atoms with Crippen LogP contribution in [0.5, 0.6) is 0 Å². The molecule has 0 aromatic carbocycles. The van der Waals surface area contributed by atoms with E-state index in [0.717, 1.165) is 0 Å². The molecule has 0 aliphatic heterocycles. The third kappa shape index (κ3) is 6.52. The summed E-state index contributed by atoms with van der Waals surface area (Å²) in [7, 11) is 0.626. The molecular weight excluding hydrogens is 361 g/mol. The van der Waals surface area contributed by atoms with Crippen LogP contribution in [-0.4, -0.2) is 34.5 Å². The maximum atomic E-state index is 2.59. The lowest BCUT2D eigenvalue weighted by molar-refractivity contribution is 0.705. The van der Waals surface area contributed by atoms with Crippen molar-refractivity contribution >= 4 is 29.8 Å². The van der Waals surface area contributed by atoms with Gasteiger partial charge in [-0.1, -0.05) is 117 Å². The molecular formula is C20H47P3Si. The van der Waals surface area contributed by atoms with Gasteiger partial charge in [-0.3, -0.25) is 0 Å². The fraction of sp³-hybridized carbons (Fsp3) is 1.00. The Balaban J connectivity index is 6.92. The zero-order valence-corrected chi connectivity index (χ0v) is 23.2. The average molecular weight is 409 g/mol. The van der Waals surface area contributed by atoms with E-state index in [1.165, 1.54) is 5.79 Å². The first-order chi connectivity index (χ1) is 10.0. The summed E-state index contributed by atoms with van der Waals surface area (Å²) in [6.07, 6.45) is 0. The lowest BCUT2D eigenvalue weighted by atomic mass is 10.2. The Kier molecular flexibility index (Phi) is 7.84. The van der Waals surface area contributed by atoms with E-state index in [0.29, 0.717) is 20.6 Å². The van der Waals surface area contributed by atoms with E-state index in [1.54, 1.807) is 0 Å². The molecule has 0 unspecified atom stereocenters. The minimum absolute atomic E-state index is 0.0684. The first-order valence-electron chi connectivity index (χ1n) is 9.46. The van der Waals surface area contributed by atoms with Crippen LogP contribution in [0.4, 0.5) is 0 Å². The predicted octanol–water partition coefficient (Wildman–Crippen LogP) is 9.33. The summed E-state index contributed by atoms with van der Waals surface area (Å²) in [5, 5.41) is 1.67. The van der Waals surface area contributed by atoms with Gasteiger partial charge in [-0.15, -0.1) is 0 Å². The molecule has 0 fully saturated rings. The van der Waals surface area contributed by atoms with Crippen molar-refractivity contribution in [3.63, 3.8) is 0 Å². The third-order valence-electron chi connectivity index (χ3n) is 4.44. The van der Waals surface area contributed by atoms with Gasteiger partial charge >= 0.3 is 0 Å². The highest BCUT2D eigenvalue weighted by molar-refractivity contribution is 8.40. The van der Waals surface area contributed by atoms with E-state index in [4.69, 9.17) is 0 Å². The zero-order valence-electron chi connectivity index (χ0n) is 19.5.